The lowest BCUT2D eigenvalue weighted by molar-refractivity contribution is -0.137. The summed E-state index contributed by atoms with van der Waals surface area (Å²) >= 11 is 0. The molecule has 0 bridgehead atoms. The van der Waals surface area contributed by atoms with Crippen LogP contribution in [0, 0.1) is 50.4 Å². The summed E-state index contributed by atoms with van der Waals surface area (Å²) in [5, 5.41) is 25.5. The Bertz CT molecular complexity index is 4110. The van der Waals surface area contributed by atoms with Gasteiger partial charge in [-0.15, -0.1) is 0 Å². The first-order valence-corrected chi connectivity index (χ1v) is 24.5. The van der Waals surface area contributed by atoms with E-state index in [2.05, 4.69) is 213 Å². The van der Waals surface area contributed by atoms with E-state index in [0.29, 0.717) is 22.5 Å². The van der Waals surface area contributed by atoms with Gasteiger partial charge in [0.25, 0.3) is 0 Å². The molecular weight excluding hydrogens is 918 g/mol. The molecule has 0 N–H and O–H groups in total. The van der Waals surface area contributed by atoms with E-state index in [1.165, 1.54) is 6.07 Å². The van der Waals surface area contributed by atoms with Crippen molar-refractivity contribution >= 4 is 43.6 Å². The molecule has 74 heavy (non-hydrogen) atoms. The molecule has 0 aliphatic heterocycles. The summed E-state index contributed by atoms with van der Waals surface area (Å²) < 4.78 is 49.0. The molecule has 0 spiro atoms. The Hall–Kier alpha value is -9.43. The van der Waals surface area contributed by atoms with Crippen LogP contribution in [0.15, 0.2) is 200 Å². The monoisotopic (exact) mass is 962 g/mol. The van der Waals surface area contributed by atoms with E-state index in [9.17, 15) is 23.7 Å². The number of fused-ring (bicyclic) bond motifs is 6. The van der Waals surface area contributed by atoms with E-state index < -0.39 is 11.7 Å². The number of nitrogens with zero attached hydrogens (tertiary/aromatic N) is 4. The number of alkyl halides is 3. The number of benzene rings is 10. The predicted octanol–water partition coefficient (Wildman–Crippen LogP) is 18.2. The van der Waals surface area contributed by atoms with Crippen LogP contribution < -0.4 is 0 Å². The molecular formula is C67H45F3N4. The Balaban J connectivity index is 1.17. The van der Waals surface area contributed by atoms with E-state index >= 15 is 0 Å². The van der Waals surface area contributed by atoms with Crippen molar-refractivity contribution < 1.29 is 13.2 Å². The molecule has 4 nitrogen and oxygen atoms in total. The zero-order valence-corrected chi connectivity index (χ0v) is 41.0. The first kappa shape index (κ1) is 45.7. The second-order valence-electron chi connectivity index (χ2n) is 19.5. The number of hydrogen-bond donors (Lipinski definition) is 0. The Morgan fingerprint density at radius 2 is 0.676 bits per heavy atom. The first-order valence-electron chi connectivity index (χ1n) is 24.5. The molecule has 0 fully saturated rings. The average molecular weight is 963 g/mol. The summed E-state index contributed by atoms with van der Waals surface area (Å²) in [6, 6.07) is 70.5. The minimum Gasteiger partial charge on any atom is -0.309 e. The van der Waals surface area contributed by atoms with Crippen LogP contribution in [0.4, 0.5) is 13.2 Å². The van der Waals surface area contributed by atoms with Crippen LogP contribution in [0.3, 0.4) is 0 Å². The molecule has 0 saturated carbocycles. The number of halogens is 3. The summed E-state index contributed by atoms with van der Waals surface area (Å²) in [6.45, 7) is 8.24. The molecule has 0 amide bonds. The molecule has 0 radical (unpaired) electrons. The Kier molecular flexibility index (Phi) is 10.9. The molecule has 354 valence electrons. The van der Waals surface area contributed by atoms with Gasteiger partial charge in [-0.2, -0.15) is 23.7 Å². The van der Waals surface area contributed by atoms with Crippen molar-refractivity contribution in [2.45, 2.75) is 33.9 Å². The van der Waals surface area contributed by atoms with Crippen molar-refractivity contribution in [2.75, 3.05) is 0 Å². The number of aromatic nitrogens is 2. The van der Waals surface area contributed by atoms with Crippen LogP contribution in [0.25, 0.3) is 111 Å². The quantitative estimate of drug-likeness (QED) is 0.160. The summed E-state index contributed by atoms with van der Waals surface area (Å²) in [4.78, 5) is 0. The van der Waals surface area contributed by atoms with Gasteiger partial charge in [-0.1, -0.05) is 144 Å². The minimum atomic E-state index is -4.75. The molecule has 2 heterocycles. The van der Waals surface area contributed by atoms with Crippen molar-refractivity contribution in [3.05, 3.63) is 239 Å². The van der Waals surface area contributed by atoms with Gasteiger partial charge in [-0.05, 0) is 157 Å². The maximum absolute atomic E-state index is 14.9. The zero-order valence-electron chi connectivity index (χ0n) is 41.0. The first-order chi connectivity index (χ1) is 35.8. The summed E-state index contributed by atoms with van der Waals surface area (Å²) in [5.41, 5.74) is 16.9. The summed E-state index contributed by atoms with van der Waals surface area (Å²) in [5.74, 6) is 0. The molecule has 10 aromatic carbocycles. The normalized spacial score (nSPS) is 11.7. The fraction of sp³-hybridized carbons (Fsp3) is 0.0746. The van der Waals surface area contributed by atoms with Crippen LogP contribution in [0.5, 0.6) is 0 Å². The third-order valence-corrected chi connectivity index (χ3v) is 14.5. The summed E-state index contributed by atoms with van der Waals surface area (Å²) in [7, 11) is 0. The molecule has 0 saturated heterocycles. The van der Waals surface area contributed by atoms with Gasteiger partial charge in [0.2, 0.25) is 0 Å². The van der Waals surface area contributed by atoms with Crippen LogP contribution in [0.1, 0.15) is 38.9 Å². The third-order valence-electron chi connectivity index (χ3n) is 14.5. The van der Waals surface area contributed by atoms with Gasteiger partial charge in [0.05, 0.1) is 56.2 Å². The van der Waals surface area contributed by atoms with Gasteiger partial charge in [0, 0.05) is 27.1 Å². The van der Waals surface area contributed by atoms with Crippen LogP contribution >= 0.6 is 0 Å². The molecule has 7 heteroatoms. The number of nitriles is 2. The maximum atomic E-state index is 14.9. The zero-order chi connectivity index (χ0) is 51.0. The lowest BCUT2D eigenvalue weighted by Gasteiger charge is -2.20. The van der Waals surface area contributed by atoms with Gasteiger partial charge in [-0.25, -0.2) is 0 Å². The predicted molar refractivity (Wildman–Crippen MR) is 296 cm³/mol. The van der Waals surface area contributed by atoms with Crippen molar-refractivity contribution in [3.8, 4) is 79.1 Å². The molecule has 0 unspecified atom stereocenters. The highest BCUT2D eigenvalue weighted by molar-refractivity contribution is 6.14. The minimum absolute atomic E-state index is 0.136. The van der Waals surface area contributed by atoms with Gasteiger partial charge < -0.3 is 9.13 Å². The topological polar surface area (TPSA) is 57.4 Å². The van der Waals surface area contributed by atoms with Crippen LogP contribution in [-0.2, 0) is 6.18 Å². The van der Waals surface area contributed by atoms with E-state index in [1.807, 2.05) is 12.1 Å². The van der Waals surface area contributed by atoms with Gasteiger partial charge >= 0.3 is 6.18 Å². The molecule has 12 rings (SSSR count). The molecule has 0 atom stereocenters. The molecule has 0 aliphatic rings. The Morgan fingerprint density at radius 3 is 1.00 bits per heavy atom. The fourth-order valence-corrected chi connectivity index (χ4v) is 10.5. The highest BCUT2D eigenvalue weighted by Crippen LogP contribution is 2.45. The lowest BCUT2D eigenvalue weighted by atomic mass is 9.95. The Labute approximate surface area is 426 Å². The highest BCUT2D eigenvalue weighted by Gasteiger charge is 2.32. The van der Waals surface area contributed by atoms with Crippen LogP contribution in [0.2, 0.25) is 0 Å². The number of rotatable bonds is 7. The Morgan fingerprint density at radius 1 is 0.338 bits per heavy atom. The molecule has 0 aliphatic carbocycles. The maximum Gasteiger partial charge on any atom is 0.416 e. The van der Waals surface area contributed by atoms with Crippen LogP contribution in [-0.4, -0.2) is 9.13 Å². The SMILES string of the molecule is Cc1ccc(-c2ccc3c(c2)c2cc(-c4ccc(C)cc4)ccc2n3-c2cc(-c3cc(C#N)cc(C(F)(F)F)c3)c(-n3c4ccc(-c5ccc(C)cc5)cc4c4cc(-c5ccc(C)cc5)ccc43)cc2C#N)cc1. The van der Waals surface area contributed by atoms with E-state index in [0.717, 1.165) is 123 Å². The van der Waals surface area contributed by atoms with Crippen molar-refractivity contribution in [3.63, 3.8) is 0 Å². The van der Waals surface area contributed by atoms with Crippen molar-refractivity contribution in [2.24, 2.45) is 0 Å². The van der Waals surface area contributed by atoms with E-state index in [1.54, 1.807) is 6.07 Å². The summed E-state index contributed by atoms with van der Waals surface area (Å²) in [6.07, 6.45) is -4.75. The second kappa shape index (κ2) is 17.7. The third kappa shape index (κ3) is 7.96. The van der Waals surface area contributed by atoms with Crippen molar-refractivity contribution in [1.29, 1.82) is 10.5 Å². The van der Waals surface area contributed by atoms with Gasteiger partial charge in [-0.3, -0.25) is 0 Å². The smallest absolute Gasteiger partial charge is 0.309 e. The fourth-order valence-electron chi connectivity index (χ4n) is 10.5. The lowest BCUT2D eigenvalue weighted by Crippen LogP contribution is -2.07. The molecule has 12 aromatic rings. The second-order valence-corrected chi connectivity index (χ2v) is 19.5. The number of aryl methyl sites for hydroxylation is 4. The molecule has 2 aromatic heterocycles. The highest BCUT2D eigenvalue weighted by atomic mass is 19.4. The van der Waals surface area contributed by atoms with Gasteiger partial charge in [0.1, 0.15) is 6.07 Å². The van der Waals surface area contributed by atoms with E-state index in [-0.39, 0.29) is 11.1 Å². The van der Waals surface area contributed by atoms with Gasteiger partial charge in [0.15, 0.2) is 0 Å². The van der Waals surface area contributed by atoms with Crippen molar-refractivity contribution in [1.82, 2.24) is 9.13 Å². The average Bonchev–Trinajstić information content (AvgIpc) is 3.94. The number of hydrogen-bond acceptors (Lipinski definition) is 2. The van der Waals surface area contributed by atoms with E-state index in [4.69, 9.17) is 0 Å². The largest absolute Gasteiger partial charge is 0.416 e. The standard InChI is InChI=1S/C67H45F3N4/c1-40-5-13-45(14-6-40)49-21-25-61-57(32-49)58-33-50(46-15-7-41(2)8-16-46)22-26-62(58)73(61)65-37-56(53-29-44(38-71)30-55(31-53)67(68,69)70)66(36-54(65)39-72)74-63-27-23-51(47-17-9-42(3)10-18-47)34-59(63)60-35-52(24-28-64(60)74)48-19-11-43(4)12-20-48/h5-37H,1-4H3.